The average molecular weight is 1060 g/mol. The number of carboxylic acids is 1. The third-order valence-corrected chi connectivity index (χ3v) is 14.1. The van der Waals surface area contributed by atoms with Crippen LogP contribution in [0.1, 0.15) is 296 Å². The van der Waals surface area contributed by atoms with Crippen molar-refractivity contribution >= 4 is 17.9 Å². The number of ether oxygens (including phenoxy) is 4. The number of aliphatic carboxylic acids is 1. The molecule has 9 heteroatoms. The second-order valence-electron chi connectivity index (χ2n) is 22.7. The van der Waals surface area contributed by atoms with E-state index in [0.29, 0.717) is 23.9 Å². The van der Waals surface area contributed by atoms with Crippen molar-refractivity contribution in [3.63, 3.8) is 0 Å². The molecule has 0 saturated carbocycles. The summed E-state index contributed by atoms with van der Waals surface area (Å²) in [5.41, 5.74) is 0. The molecule has 0 fully saturated rings. The van der Waals surface area contributed by atoms with E-state index in [1.807, 2.05) is 21.1 Å². The number of nitrogens with zero attached hydrogens (tertiary/aromatic N) is 1. The van der Waals surface area contributed by atoms with Gasteiger partial charge in [0.1, 0.15) is 13.2 Å². The molecule has 2 atom stereocenters. The van der Waals surface area contributed by atoms with Gasteiger partial charge in [0.15, 0.2) is 6.10 Å². The molecule has 0 aromatic rings. The predicted molar refractivity (Wildman–Crippen MR) is 318 cm³/mol. The van der Waals surface area contributed by atoms with Crippen LogP contribution < -0.4 is 0 Å². The molecule has 75 heavy (non-hydrogen) atoms. The van der Waals surface area contributed by atoms with Crippen LogP contribution in [0.2, 0.25) is 0 Å². The van der Waals surface area contributed by atoms with Gasteiger partial charge in [-0.1, -0.05) is 262 Å². The van der Waals surface area contributed by atoms with Crippen molar-refractivity contribution in [1.29, 1.82) is 0 Å². The molecule has 0 aromatic heterocycles. The van der Waals surface area contributed by atoms with E-state index in [1.165, 1.54) is 199 Å². The zero-order valence-corrected chi connectivity index (χ0v) is 50.0. The van der Waals surface area contributed by atoms with Crippen molar-refractivity contribution in [2.24, 2.45) is 0 Å². The van der Waals surface area contributed by atoms with Crippen molar-refractivity contribution < 1.29 is 42.9 Å². The van der Waals surface area contributed by atoms with Crippen molar-refractivity contribution in [1.82, 2.24) is 0 Å². The third-order valence-electron chi connectivity index (χ3n) is 14.1. The Morgan fingerprint density at radius 2 is 0.760 bits per heavy atom. The molecule has 0 amide bonds. The number of carboxylic acid groups (broad SMARTS) is 1. The molecule has 9 nitrogen and oxygen atoms in total. The Morgan fingerprint density at radius 1 is 0.413 bits per heavy atom. The number of hydrogen-bond acceptors (Lipinski definition) is 7. The largest absolute Gasteiger partial charge is 0.477 e. The number of allylic oxidation sites excluding steroid dienone is 8. The molecule has 0 aromatic carbocycles. The Hall–Kier alpha value is -2.75. The third kappa shape index (κ3) is 58.8. The minimum absolute atomic E-state index is 0.184. The summed E-state index contributed by atoms with van der Waals surface area (Å²) >= 11 is 0. The van der Waals surface area contributed by atoms with E-state index >= 15 is 0 Å². The van der Waals surface area contributed by atoms with Gasteiger partial charge in [-0.3, -0.25) is 9.59 Å². The van der Waals surface area contributed by atoms with Gasteiger partial charge in [0.2, 0.25) is 0 Å². The molecular weight excluding hydrogens is 935 g/mol. The average Bonchev–Trinajstić information content (AvgIpc) is 3.38. The number of unbranched alkanes of at least 4 members (excludes halogenated alkanes) is 36. The van der Waals surface area contributed by atoms with Crippen LogP contribution in [-0.2, 0) is 33.3 Å². The summed E-state index contributed by atoms with van der Waals surface area (Å²) in [6.45, 7) is 4.79. The Morgan fingerprint density at radius 3 is 1.15 bits per heavy atom. The lowest BCUT2D eigenvalue weighted by Gasteiger charge is -2.25. The van der Waals surface area contributed by atoms with Gasteiger partial charge in [0.25, 0.3) is 6.29 Å². The maximum absolute atomic E-state index is 12.9. The van der Waals surface area contributed by atoms with E-state index in [1.54, 1.807) is 0 Å². The Labute approximate surface area is 463 Å². The number of likely N-dealkylation sites (N-methyl/N-ethyl adjacent to an activating group) is 1. The minimum atomic E-state index is -1.51. The van der Waals surface area contributed by atoms with E-state index in [4.69, 9.17) is 18.9 Å². The SMILES string of the molecule is CC/C=C\C/C=C\C/C=C\CCCCCCCCCC(=O)OC(COC(=O)CCCCCCCCCCCCCCCCCCCCCCC/C=C\CCCCCCCCCC)COC(OCC[N+](C)(C)C)C(=O)O. The molecule has 1 N–H and O–H groups in total. The first-order valence-corrected chi connectivity index (χ1v) is 31.8. The molecule has 2 unspecified atom stereocenters. The van der Waals surface area contributed by atoms with Gasteiger partial charge in [-0.25, -0.2) is 4.79 Å². The highest BCUT2D eigenvalue weighted by Crippen LogP contribution is 2.17. The van der Waals surface area contributed by atoms with Crippen LogP contribution in [0.3, 0.4) is 0 Å². The minimum Gasteiger partial charge on any atom is -0.477 e. The molecule has 0 spiro atoms. The molecule has 0 heterocycles. The topological polar surface area (TPSA) is 108 Å². The van der Waals surface area contributed by atoms with Crippen LogP contribution in [0.25, 0.3) is 0 Å². The first-order valence-electron chi connectivity index (χ1n) is 31.8. The lowest BCUT2D eigenvalue weighted by Crippen LogP contribution is -2.40. The highest BCUT2D eigenvalue weighted by Gasteiger charge is 2.25. The van der Waals surface area contributed by atoms with Gasteiger partial charge in [-0.2, -0.15) is 0 Å². The van der Waals surface area contributed by atoms with Crippen LogP contribution in [0, 0.1) is 0 Å². The van der Waals surface area contributed by atoms with Crippen molar-refractivity contribution in [3.8, 4) is 0 Å². The van der Waals surface area contributed by atoms with Crippen LogP contribution in [0.15, 0.2) is 48.6 Å². The van der Waals surface area contributed by atoms with Gasteiger partial charge in [0, 0.05) is 12.8 Å². The summed E-state index contributed by atoms with van der Waals surface area (Å²) in [7, 11) is 5.97. The summed E-state index contributed by atoms with van der Waals surface area (Å²) in [5.74, 6) is -2.00. The second-order valence-corrected chi connectivity index (χ2v) is 22.7. The van der Waals surface area contributed by atoms with E-state index in [9.17, 15) is 19.5 Å². The molecule has 438 valence electrons. The monoisotopic (exact) mass is 1060 g/mol. The molecule has 0 rings (SSSR count). The fourth-order valence-corrected chi connectivity index (χ4v) is 9.20. The Kier molecular flexibility index (Phi) is 55.3. The van der Waals surface area contributed by atoms with Crippen molar-refractivity contribution in [2.45, 2.75) is 309 Å². The van der Waals surface area contributed by atoms with Crippen LogP contribution in [0.5, 0.6) is 0 Å². The summed E-state index contributed by atoms with van der Waals surface area (Å²) in [6, 6.07) is 0. The Bertz CT molecular complexity index is 1370. The number of hydrogen-bond donors (Lipinski definition) is 1. The molecule has 0 aliphatic heterocycles. The fourth-order valence-electron chi connectivity index (χ4n) is 9.20. The molecule has 0 aliphatic carbocycles. The number of esters is 2. The Balaban J connectivity index is 4.05. The first kappa shape index (κ1) is 72.2. The van der Waals surface area contributed by atoms with Crippen molar-refractivity contribution in [3.05, 3.63) is 48.6 Å². The summed E-state index contributed by atoms with van der Waals surface area (Å²) in [5, 5.41) is 9.71. The van der Waals surface area contributed by atoms with Gasteiger partial charge >= 0.3 is 17.9 Å². The fraction of sp³-hybridized carbons (Fsp3) is 0.833. The van der Waals surface area contributed by atoms with E-state index in [0.717, 1.165) is 64.2 Å². The number of quaternary nitrogens is 1. The van der Waals surface area contributed by atoms with Gasteiger partial charge in [-0.15, -0.1) is 0 Å². The van der Waals surface area contributed by atoms with E-state index < -0.39 is 24.3 Å². The highest BCUT2D eigenvalue weighted by molar-refractivity contribution is 5.71. The second kappa shape index (κ2) is 57.4. The number of rotatable bonds is 59. The predicted octanol–water partition coefficient (Wildman–Crippen LogP) is 19.0. The number of carbonyl (C=O) groups is 3. The lowest BCUT2D eigenvalue weighted by atomic mass is 10.0. The van der Waals surface area contributed by atoms with Crippen LogP contribution in [-0.4, -0.2) is 87.4 Å². The van der Waals surface area contributed by atoms with Gasteiger partial charge in [0.05, 0.1) is 34.4 Å². The zero-order chi connectivity index (χ0) is 54.8. The van der Waals surface area contributed by atoms with E-state index in [2.05, 4.69) is 62.5 Å². The van der Waals surface area contributed by atoms with E-state index in [-0.39, 0.29) is 32.2 Å². The molecule has 0 saturated heterocycles. The molecule has 0 radical (unpaired) electrons. The van der Waals surface area contributed by atoms with Crippen molar-refractivity contribution in [2.75, 3.05) is 47.5 Å². The summed E-state index contributed by atoms with van der Waals surface area (Å²) < 4.78 is 22.9. The van der Waals surface area contributed by atoms with Gasteiger partial charge in [-0.05, 0) is 70.6 Å². The molecule has 0 aliphatic rings. The first-order chi connectivity index (χ1) is 36.6. The number of carbonyl (C=O) groups excluding carboxylic acids is 2. The maximum atomic E-state index is 12.9. The zero-order valence-electron chi connectivity index (χ0n) is 50.0. The maximum Gasteiger partial charge on any atom is 0.361 e. The standard InChI is InChI=1S/C66H121NO8/c1-6-8-10-12-14-16-18-20-22-24-25-26-27-28-29-30-31-32-33-34-35-36-37-38-39-41-42-44-46-48-50-52-54-56-63(68)73-60-62(61-74-66(65(70)71)72-59-58-67(3,4)5)75-64(69)57-55-53-51-49-47-45-43-40-23-21-19-17-15-13-11-9-7-2/h9,11,15,17,21,23-25,62,66H,6-8,10,12-14,16,18-20,22,26-61H2,1-5H3/p+1/b11-9-,17-15-,23-21-,25-24-. The normalized spacial score (nSPS) is 13.0. The lowest BCUT2D eigenvalue weighted by molar-refractivity contribution is -0.870. The summed E-state index contributed by atoms with van der Waals surface area (Å²) in [6.07, 6.45) is 69.4. The van der Waals surface area contributed by atoms with Crippen LogP contribution >= 0.6 is 0 Å². The smallest absolute Gasteiger partial charge is 0.361 e. The summed E-state index contributed by atoms with van der Waals surface area (Å²) in [4.78, 5) is 37.4. The van der Waals surface area contributed by atoms with Gasteiger partial charge < -0.3 is 28.5 Å². The molecular formula is C66H122NO8+. The van der Waals surface area contributed by atoms with Crippen LogP contribution in [0.4, 0.5) is 0 Å². The highest BCUT2D eigenvalue weighted by atomic mass is 16.7. The quantitative estimate of drug-likeness (QED) is 0.0211. The molecule has 0 bridgehead atoms.